The zero-order valence-electron chi connectivity index (χ0n) is 10.9. The molecule has 0 fully saturated rings. The quantitative estimate of drug-likeness (QED) is 0.916. The second-order valence-corrected chi connectivity index (χ2v) is 4.63. The number of hydrogen-bond donors (Lipinski definition) is 1. The number of rotatable bonds is 4. The largest absolute Gasteiger partial charge is 0.416 e. The van der Waals surface area contributed by atoms with Gasteiger partial charge in [-0.15, -0.1) is 0 Å². The molecule has 0 radical (unpaired) electrons. The molecule has 0 aliphatic carbocycles. The minimum absolute atomic E-state index is 0.130. The van der Waals surface area contributed by atoms with Crippen molar-refractivity contribution in [1.29, 1.82) is 0 Å². The first-order chi connectivity index (χ1) is 8.70. The van der Waals surface area contributed by atoms with Crippen molar-refractivity contribution >= 4 is 5.91 Å². The zero-order valence-corrected chi connectivity index (χ0v) is 10.9. The van der Waals surface area contributed by atoms with Gasteiger partial charge >= 0.3 is 6.18 Å². The number of amides is 1. The maximum atomic E-state index is 12.4. The van der Waals surface area contributed by atoms with Crippen LogP contribution in [0.4, 0.5) is 13.2 Å². The predicted molar refractivity (Wildman–Crippen MR) is 66.2 cm³/mol. The van der Waals surface area contributed by atoms with Gasteiger partial charge in [-0.05, 0) is 24.6 Å². The van der Waals surface area contributed by atoms with Gasteiger partial charge in [0.2, 0.25) is 5.91 Å². The number of nitrogens with two attached hydrogens (primary N) is 1. The average Bonchev–Trinajstić information content (AvgIpc) is 2.27. The summed E-state index contributed by atoms with van der Waals surface area (Å²) in [4.78, 5) is 13.1. The predicted octanol–water partition coefficient (Wildman–Crippen LogP) is 2.40. The SMILES string of the molecule is CC(N)CC(=O)N(C)Cc1ccc(C(F)(F)F)cc1. The Kier molecular flexibility index (Phi) is 4.94. The second kappa shape index (κ2) is 6.06. The Hall–Kier alpha value is -1.56. The van der Waals surface area contributed by atoms with Crippen LogP contribution in [-0.2, 0) is 17.5 Å². The minimum atomic E-state index is -4.34. The minimum Gasteiger partial charge on any atom is -0.341 e. The molecule has 1 aromatic rings. The number of carbonyl (C=O) groups excluding carboxylic acids is 1. The van der Waals surface area contributed by atoms with Gasteiger partial charge in [0.1, 0.15) is 0 Å². The Labute approximate surface area is 110 Å². The lowest BCUT2D eigenvalue weighted by Crippen LogP contribution is -2.31. The van der Waals surface area contributed by atoms with Crippen LogP contribution < -0.4 is 5.73 Å². The Morgan fingerprint density at radius 3 is 2.26 bits per heavy atom. The van der Waals surface area contributed by atoms with Crippen LogP contribution in [0.25, 0.3) is 0 Å². The van der Waals surface area contributed by atoms with E-state index >= 15 is 0 Å². The van der Waals surface area contributed by atoms with Crippen molar-refractivity contribution in [2.45, 2.75) is 32.1 Å². The van der Waals surface area contributed by atoms with Gasteiger partial charge in [-0.25, -0.2) is 0 Å². The number of halogens is 3. The van der Waals surface area contributed by atoms with E-state index in [9.17, 15) is 18.0 Å². The highest BCUT2D eigenvalue weighted by Crippen LogP contribution is 2.29. The molecule has 0 saturated heterocycles. The Morgan fingerprint density at radius 1 is 1.32 bits per heavy atom. The van der Waals surface area contributed by atoms with Crippen LogP contribution in [0.2, 0.25) is 0 Å². The van der Waals surface area contributed by atoms with Gasteiger partial charge < -0.3 is 10.6 Å². The van der Waals surface area contributed by atoms with Crippen molar-refractivity contribution in [3.63, 3.8) is 0 Å². The maximum Gasteiger partial charge on any atom is 0.416 e. The van der Waals surface area contributed by atoms with Crippen LogP contribution in [0.3, 0.4) is 0 Å². The van der Waals surface area contributed by atoms with Crippen molar-refractivity contribution < 1.29 is 18.0 Å². The lowest BCUT2D eigenvalue weighted by molar-refractivity contribution is -0.137. The summed E-state index contributed by atoms with van der Waals surface area (Å²) in [5, 5.41) is 0. The summed E-state index contributed by atoms with van der Waals surface area (Å²) in [6.45, 7) is 1.99. The lowest BCUT2D eigenvalue weighted by Gasteiger charge is -2.18. The maximum absolute atomic E-state index is 12.4. The van der Waals surface area contributed by atoms with Gasteiger partial charge in [0.15, 0.2) is 0 Å². The van der Waals surface area contributed by atoms with Gasteiger partial charge in [0.05, 0.1) is 5.56 Å². The smallest absolute Gasteiger partial charge is 0.341 e. The summed E-state index contributed by atoms with van der Waals surface area (Å²) < 4.78 is 37.1. The van der Waals surface area contributed by atoms with Crippen molar-refractivity contribution in [3.8, 4) is 0 Å². The summed E-state index contributed by atoms with van der Waals surface area (Å²) in [6, 6.07) is 4.54. The third kappa shape index (κ3) is 4.90. The van der Waals surface area contributed by atoms with Crippen molar-refractivity contribution in [2.24, 2.45) is 5.73 Å². The van der Waals surface area contributed by atoms with E-state index in [0.29, 0.717) is 5.56 Å². The third-order valence-electron chi connectivity index (χ3n) is 2.62. The Balaban J connectivity index is 2.65. The molecule has 0 saturated carbocycles. The highest BCUT2D eigenvalue weighted by molar-refractivity contribution is 5.76. The number of alkyl halides is 3. The highest BCUT2D eigenvalue weighted by Gasteiger charge is 2.29. The summed E-state index contributed by atoms with van der Waals surface area (Å²) in [6.07, 6.45) is -4.12. The first-order valence-electron chi connectivity index (χ1n) is 5.86. The molecule has 1 atom stereocenters. The monoisotopic (exact) mass is 274 g/mol. The van der Waals surface area contributed by atoms with E-state index < -0.39 is 11.7 Å². The molecular weight excluding hydrogens is 257 g/mol. The fourth-order valence-corrected chi connectivity index (χ4v) is 1.59. The van der Waals surface area contributed by atoms with Gasteiger partial charge in [0.25, 0.3) is 0 Å². The molecule has 1 unspecified atom stereocenters. The van der Waals surface area contributed by atoms with Crippen molar-refractivity contribution in [3.05, 3.63) is 35.4 Å². The molecule has 106 valence electrons. The van der Waals surface area contributed by atoms with E-state index in [1.807, 2.05) is 0 Å². The Morgan fingerprint density at radius 2 is 1.84 bits per heavy atom. The summed E-state index contributed by atoms with van der Waals surface area (Å²) in [5.74, 6) is -0.130. The van der Waals surface area contributed by atoms with Gasteiger partial charge in [-0.3, -0.25) is 4.79 Å². The third-order valence-corrected chi connectivity index (χ3v) is 2.62. The summed E-state index contributed by atoms with van der Waals surface area (Å²) >= 11 is 0. The molecule has 1 aromatic carbocycles. The van der Waals surface area contributed by atoms with Crippen molar-refractivity contribution in [2.75, 3.05) is 7.05 Å². The van der Waals surface area contributed by atoms with Crippen LogP contribution in [-0.4, -0.2) is 23.9 Å². The van der Waals surface area contributed by atoms with E-state index in [1.165, 1.54) is 17.0 Å². The van der Waals surface area contributed by atoms with Crippen LogP contribution in [0, 0.1) is 0 Å². The van der Waals surface area contributed by atoms with E-state index in [4.69, 9.17) is 5.73 Å². The van der Waals surface area contributed by atoms with Gasteiger partial charge in [0, 0.05) is 26.1 Å². The Bertz CT molecular complexity index is 427. The molecule has 2 N–H and O–H groups in total. The zero-order chi connectivity index (χ0) is 14.6. The molecule has 0 aliphatic heterocycles. The van der Waals surface area contributed by atoms with E-state index in [0.717, 1.165) is 12.1 Å². The number of benzene rings is 1. The molecule has 19 heavy (non-hydrogen) atoms. The highest BCUT2D eigenvalue weighted by atomic mass is 19.4. The number of carbonyl (C=O) groups is 1. The lowest BCUT2D eigenvalue weighted by atomic mass is 10.1. The van der Waals surface area contributed by atoms with Crippen LogP contribution in [0.15, 0.2) is 24.3 Å². The van der Waals surface area contributed by atoms with E-state index in [2.05, 4.69) is 0 Å². The fourth-order valence-electron chi connectivity index (χ4n) is 1.59. The fraction of sp³-hybridized carbons (Fsp3) is 0.462. The summed E-state index contributed by atoms with van der Waals surface area (Å²) in [5.41, 5.74) is 5.47. The average molecular weight is 274 g/mol. The van der Waals surface area contributed by atoms with E-state index in [1.54, 1.807) is 14.0 Å². The molecule has 1 rings (SSSR count). The molecule has 0 aliphatic rings. The topological polar surface area (TPSA) is 46.3 Å². The molecule has 0 spiro atoms. The van der Waals surface area contributed by atoms with Crippen LogP contribution >= 0.6 is 0 Å². The van der Waals surface area contributed by atoms with Gasteiger partial charge in [-0.1, -0.05) is 12.1 Å². The first kappa shape index (κ1) is 15.5. The standard InChI is InChI=1S/C13H17F3N2O/c1-9(17)7-12(19)18(2)8-10-3-5-11(6-4-10)13(14,15)16/h3-6,9H,7-8,17H2,1-2H3. The number of hydrogen-bond acceptors (Lipinski definition) is 2. The summed E-state index contributed by atoms with van der Waals surface area (Å²) in [7, 11) is 1.60. The molecule has 0 aromatic heterocycles. The van der Waals surface area contributed by atoms with Crippen LogP contribution in [0.1, 0.15) is 24.5 Å². The first-order valence-corrected chi connectivity index (χ1v) is 5.86. The number of nitrogens with zero attached hydrogens (tertiary/aromatic N) is 1. The van der Waals surface area contributed by atoms with E-state index in [-0.39, 0.29) is 24.9 Å². The van der Waals surface area contributed by atoms with Crippen molar-refractivity contribution in [1.82, 2.24) is 4.90 Å². The normalized spacial score (nSPS) is 13.2. The second-order valence-electron chi connectivity index (χ2n) is 4.63. The molecule has 0 heterocycles. The molecule has 0 bridgehead atoms. The molecule has 1 amide bonds. The molecular formula is C13H17F3N2O. The molecule has 6 heteroatoms. The van der Waals surface area contributed by atoms with Gasteiger partial charge in [-0.2, -0.15) is 13.2 Å². The molecule has 3 nitrogen and oxygen atoms in total. The van der Waals surface area contributed by atoms with Crippen LogP contribution in [0.5, 0.6) is 0 Å².